The molecular formula is C28H30FN3O4. The second-order valence-electron chi connectivity index (χ2n) is 8.82. The maximum absolute atomic E-state index is 15.1. The highest BCUT2D eigenvalue weighted by Gasteiger charge is 2.36. The molecule has 3 aromatic rings. The van der Waals surface area contributed by atoms with Crippen LogP contribution in [0.25, 0.3) is 0 Å². The molecule has 1 heterocycles. The number of nitrogens with zero attached hydrogens (tertiary/aromatic N) is 1. The molecule has 1 aromatic heterocycles. The smallest absolute Gasteiger partial charge is 0.287 e. The van der Waals surface area contributed by atoms with E-state index in [0.717, 1.165) is 31.2 Å². The maximum atomic E-state index is 15.1. The summed E-state index contributed by atoms with van der Waals surface area (Å²) < 4.78 is 20.2. The van der Waals surface area contributed by atoms with Gasteiger partial charge in [0, 0.05) is 17.3 Å². The largest absolute Gasteiger partial charge is 0.459 e. The monoisotopic (exact) mass is 491 g/mol. The number of rotatable bonds is 9. The molecule has 1 aliphatic rings. The molecule has 2 N–H and O–H groups in total. The zero-order valence-electron chi connectivity index (χ0n) is 20.2. The van der Waals surface area contributed by atoms with Crippen molar-refractivity contribution in [1.29, 1.82) is 0 Å². The van der Waals surface area contributed by atoms with Crippen molar-refractivity contribution in [3.05, 3.63) is 89.6 Å². The quantitative estimate of drug-likeness (QED) is 0.460. The molecule has 0 saturated heterocycles. The minimum absolute atomic E-state index is 0.0243. The van der Waals surface area contributed by atoms with Gasteiger partial charge >= 0.3 is 0 Å². The van der Waals surface area contributed by atoms with Crippen LogP contribution in [0, 0.1) is 5.82 Å². The summed E-state index contributed by atoms with van der Waals surface area (Å²) >= 11 is 0. The number of carbonyl (C=O) groups is 3. The molecule has 2 aromatic carbocycles. The Kier molecular flexibility index (Phi) is 8.15. The SMILES string of the molecule is CCc1ccccc1N(C(=O)CNC(=O)c1ccco1)C(C(=O)NC1CCCC1)c1ccccc1F. The average molecular weight is 492 g/mol. The van der Waals surface area contributed by atoms with Crippen LogP contribution < -0.4 is 15.5 Å². The second kappa shape index (κ2) is 11.7. The third-order valence-corrected chi connectivity index (χ3v) is 6.45. The molecule has 1 unspecified atom stereocenters. The van der Waals surface area contributed by atoms with Gasteiger partial charge in [-0.3, -0.25) is 19.3 Å². The van der Waals surface area contributed by atoms with Gasteiger partial charge in [-0.15, -0.1) is 0 Å². The summed E-state index contributed by atoms with van der Waals surface area (Å²) in [5.74, 6) is -2.09. The van der Waals surface area contributed by atoms with Crippen LogP contribution in [-0.2, 0) is 16.0 Å². The van der Waals surface area contributed by atoms with E-state index in [1.165, 1.54) is 29.4 Å². The molecule has 188 valence electrons. The molecule has 1 atom stereocenters. The number of hydrogen-bond donors (Lipinski definition) is 2. The lowest BCUT2D eigenvalue weighted by molar-refractivity contribution is -0.126. The van der Waals surface area contributed by atoms with Crippen molar-refractivity contribution >= 4 is 23.4 Å². The number of aryl methyl sites for hydroxylation is 1. The Hall–Kier alpha value is -3.94. The van der Waals surface area contributed by atoms with Crippen LogP contribution in [0.3, 0.4) is 0 Å². The average Bonchev–Trinajstić information content (AvgIpc) is 3.61. The van der Waals surface area contributed by atoms with Crippen LogP contribution >= 0.6 is 0 Å². The van der Waals surface area contributed by atoms with E-state index >= 15 is 4.39 Å². The van der Waals surface area contributed by atoms with Gasteiger partial charge in [0.25, 0.3) is 5.91 Å². The van der Waals surface area contributed by atoms with E-state index in [9.17, 15) is 14.4 Å². The molecule has 0 bridgehead atoms. The molecule has 3 amide bonds. The molecule has 36 heavy (non-hydrogen) atoms. The summed E-state index contributed by atoms with van der Waals surface area (Å²) in [5, 5.41) is 5.59. The highest BCUT2D eigenvalue weighted by atomic mass is 19.1. The van der Waals surface area contributed by atoms with E-state index in [0.29, 0.717) is 12.1 Å². The zero-order chi connectivity index (χ0) is 25.5. The van der Waals surface area contributed by atoms with E-state index in [2.05, 4.69) is 10.6 Å². The third-order valence-electron chi connectivity index (χ3n) is 6.45. The molecule has 0 aliphatic heterocycles. The molecule has 1 saturated carbocycles. The number of furan rings is 1. The number of anilines is 1. The Morgan fingerprint density at radius 3 is 2.44 bits per heavy atom. The minimum Gasteiger partial charge on any atom is -0.459 e. The minimum atomic E-state index is -1.26. The Morgan fingerprint density at radius 1 is 1.03 bits per heavy atom. The van der Waals surface area contributed by atoms with Gasteiger partial charge in [0.1, 0.15) is 11.9 Å². The van der Waals surface area contributed by atoms with Gasteiger partial charge in [-0.05, 0) is 49.1 Å². The topological polar surface area (TPSA) is 91.7 Å². The van der Waals surface area contributed by atoms with E-state index < -0.39 is 36.1 Å². The predicted molar refractivity (Wildman–Crippen MR) is 134 cm³/mol. The normalized spacial score (nSPS) is 14.3. The summed E-state index contributed by atoms with van der Waals surface area (Å²) in [6, 6.07) is 15.0. The van der Waals surface area contributed by atoms with Crippen LogP contribution in [0.2, 0.25) is 0 Å². The van der Waals surface area contributed by atoms with Crippen molar-refractivity contribution in [3.63, 3.8) is 0 Å². The first-order valence-electron chi connectivity index (χ1n) is 12.3. The van der Waals surface area contributed by atoms with Crippen molar-refractivity contribution in [2.45, 2.75) is 51.1 Å². The predicted octanol–water partition coefficient (Wildman–Crippen LogP) is 4.54. The fourth-order valence-corrected chi connectivity index (χ4v) is 4.64. The van der Waals surface area contributed by atoms with Gasteiger partial charge in [-0.2, -0.15) is 0 Å². The molecule has 7 nitrogen and oxygen atoms in total. The molecule has 1 aliphatic carbocycles. The lowest BCUT2D eigenvalue weighted by atomic mass is 9.99. The third kappa shape index (κ3) is 5.64. The number of para-hydroxylation sites is 1. The van der Waals surface area contributed by atoms with E-state index in [-0.39, 0.29) is 17.4 Å². The number of hydrogen-bond acceptors (Lipinski definition) is 4. The lowest BCUT2D eigenvalue weighted by Crippen LogP contribution is -2.49. The summed E-state index contributed by atoms with van der Waals surface area (Å²) in [6.07, 6.45) is 5.66. The highest BCUT2D eigenvalue weighted by Crippen LogP contribution is 2.33. The zero-order valence-corrected chi connectivity index (χ0v) is 20.2. The molecule has 0 radical (unpaired) electrons. The maximum Gasteiger partial charge on any atom is 0.287 e. The standard InChI is InChI=1S/C28H30FN3O4/c1-2-19-10-3-8-15-23(19)32(25(33)18-30-27(34)24-16-9-17-36-24)26(21-13-6-7-14-22(21)29)28(35)31-20-11-4-5-12-20/h3,6-10,13-17,20,26H,2,4-5,11-12,18H2,1H3,(H,30,34)(H,31,35). The van der Waals surface area contributed by atoms with Gasteiger partial charge in [0.2, 0.25) is 11.8 Å². The van der Waals surface area contributed by atoms with E-state index in [4.69, 9.17) is 4.42 Å². The van der Waals surface area contributed by atoms with Crippen molar-refractivity contribution in [1.82, 2.24) is 10.6 Å². The van der Waals surface area contributed by atoms with Gasteiger partial charge < -0.3 is 15.1 Å². The molecular weight excluding hydrogens is 461 g/mol. The van der Waals surface area contributed by atoms with Crippen LogP contribution in [0.4, 0.5) is 10.1 Å². The highest BCUT2D eigenvalue weighted by molar-refractivity contribution is 6.04. The Bertz CT molecular complexity index is 1210. The van der Waals surface area contributed by atoms with Crippen molar-refractivity contribution in [2.75, 3.05) is 11.4 Å². The summed E-state index contributed by atoms with van der Waals surface area (Å²) in [7, 11) is 0. The second-order valence-corrected chi connectivity index (χ2v) is 8.82. The molecule has 8 heteroatoms. The van der Waals surface area contributed by atoms with Gasteiger partial charge in [0.05, 0.1) is 12.8 Å². The summed E-state index contributed by atoms with van der Waals surface area (Å²) in [6.45, 7) is 1.54. The lowest BCUT2D eigenvalue weighted by Gasteiger charge is -2.33. The number of nitrogens with one attached hydrogen (secondary N) is 2. The molecule has 0 spiro atoms. The van der Waals surface area contributed by atoms with Crippen LogP contribution in [0.1, 0.15) is 60.3 Å². The van der Waals surface area contributed by atoms with Crippen molar-refractivity contribution in [3.8, 4) is 0 Å². The van der Waals surface area contributed by atoms with Crippen LogP contribution in [0.5, 0.6) is 0 Å². The first-order chi connectivity index (χ1) is 17.5. The van der Waals surface area contributed by atoms with Crippen molar-refractivity contribution in [2.24, 2.45) is 0 Å². The van der Waals surface area contributed by atoms with Crippen LogP contribution in [0.15, 0.2) is 71.3 Å². The van der Waals surface area contributed by atoms with Gasteiger partial charge in [0.15, 0.2) is 5.76 Å². The van der Waals surface area contributed by atoms with Gasteiger partial charge in [-0.25, -0.2) is 4.39 Å². The first-order valence-corrected chi connectivity index (χ1v) is 12.3. The van der Waals surface area contributed by atoms with Crippen LogP contribution in [-0.4, -0.2) is 30.3 Å². The fraction of sp³-hybridized carbons (Fsp3) is 0.321. The number of amides is 3. The Balaban J connectivity index is 1.73. The van der Waals surface area contributed by atoms with E-state index in [1.54, 1.807) is 30.3 Å². The number of carbonyl (C=O) groups excluding carboxylic acids is 3. The van der Waals surface area contributed by atoms with Gasteiger partial charge in [-0.1, -0.05) is 56.2 Å². The Labute approximate surface area is 209 Å². The summed E-state index contributed by atoms with van der Waals surface area (Å²) in [5.41, 5.74) is 1.40. The fourth-order valence-electron chi connectivity index (χ4n) is 4.64. The molecule has 1 fully saturated rings. The number of halogens is 1. The molecule has 4 rings (SSSR count). The first kappa shape index (κ1) is 25.2. The summed E-state index contributed by atoms with van der Waals surface area (Å²) in [4.78, 5) is 41.2. The Morgan fingerprint density at radius 2 is 1.75 bits per heavy atom. The van der Waals surface area contributed by atoms with Crippen molar-refractivity contribution < 1.29 is 23.2 Å². The number of benzene rings is 2. The van der Waals surface area contributed by atoms with E-state index in [1.807, 2.05) is 19.1 Å².